The van der Waals surface area contributed by atoms with E-state index in [9.17, 15) is 18.4 Å². The van der Waals surface area contributed by atoms with Crippen LogP contribution < -0.4 is 5.32 Å². The second-order valence-electron chi connectivity index (χ2n) is 4.51. The van der Waals surface area contributed by atoms with E-state index in [4.69, 9.17) is 4.42 Å². The molecule has 0 saturated carbocycles. The predicted molar refractivity (Wildman–Crippen MR) is 73.4 cm³/mol. The molecule has 0 fully saturated rings. The van der Waals surface area contributed by atoms with Crippen molar-refractivity contribution in [1.82, 2.24) is 15.0 Å². The molecule has 0 radical (unpaired) electrons. The number of aromatic nitrogens is 2. The molecule has 0 bridgehead atoms. The molecule has 0 spiro atoms. The Morgan fingerprint density at radius 2 is 2.04 bits per heavy atom. The maximum atomic E-state index is 12.5. The van der Waals surface area contributed by atoms with Crippen LogP contribution in [0.15, 0.2) is 46.0 Å². The number of alkyl halides is 3. The molecule has 1 aliphatic heterocycles. The summed E-state index contributed by atoms with van der Waals surface area (Å²) < 4.78 is 42.8. The zero-order valence-corrected chi connectivity index (χ0v) is 11.4. The number of pyridine rings is 1. The van der Waals surface area contributed by atoms with Gasteiger partial charge in [0, 0.05) is 12.4 Å². The molecule has 0 aliphatic carbocycles. The van der Waals surface area contributed by atoms with E-state index in [0.717, 1.165) is 17.3 Å². The van der Waals surface area contributed by atoms with Crippen LogP contribution in [0, 0.1) is 0 Å². The molecule has 3 rings (SSSR count). The Hall–Kier alpha value is -2.88. The van der Waals surface area contributed by atoms with Crippen molar-refractivity contribution >= 4 is 12.2 Å². The summed E-state index contributed by atoms with van der Waals surface area (Å²) in [7, 11) is 0. The fraction of sp³-hybridized carbons (Fsp3) is 0.154. The molecular formula is C13H10F3N5O2. The van der Waals surface area contributed by atoms with Crippen molar-refractivity contribution in [3.8, 4) is 11.5 Å². The summed E-state index contributed by atoms with van der Waals surface area (Å²) >= 11 is 0. The van der Waals surface area contributed by atoms with Crippen molar-refractivity contribution in [2.24, 2.45) is 4.99 Å². The summed E-state index contributed by atoms with van der Waals surface area (Å²) in [5, 5.41) is 13.2. The first kappa shape index (κ1) is 15.0. The van der Waals surface area contributed by atoms with Gasteiger partial charge in [0.25, 0.3) is 0 Å². The van der Waals surface area contributed by atoms with Crippen molar-refractivity contribution in [2.45, 2.75) is 6.18 Å². The first-order valence-electron chi connectivity index (χ1n) is 6.38. The monoisotopic (exact) mass is 325 g/mol. The molecule has 0 saturated heterocycles. The van der Waals surface area contributed by atoms with Gasteiger partial charge in [0.05, 0.1) is 24.5 Å². The number of anilines is 1. The van der Waals surface area contributed by atoms with Crippen LogP contribution in [0.4, 0.5) is 19.2 Å². The number of oxazole rings is 1. The number of hydrogen-bond acceptors (Lipinski definition) is 7. The minimum atomic E-state index is -4.45. The van der Waals surface area contributed by atoms with Gasteiger partial charge in [0.2, 0.25) is 0 Å². The molecule has 1 aliphatic rings. The van der Waals surface area contributed by atoms with Crippen LogP contribution in [0.1, 0.15) is 5.56 Å². The summed E-state index contributed by atoms with van der Waals surface area (Å²) in [6.45, 7) is 0.201. The van der Waals surface area contributed by atoms with Crippen LogP contribution in [-0.4, -0.2) is 33.0 Å². The number of nitrogens with zero attached hydrogens (tertiary/aromatic N) is 4. The van der Waals surface area contributed by atoms with Gasteiger partial charge in [-0.1, -0.05) is 0 Å². The minimum absolute atomic E-state index is 0.0455. The molecule has 7 nitrogen and oxygen atoms in total. The van der Waals surface area contributed by atoms with Gasteiger partial charge in [-0.2, -0.15) is 13.2 Å². The quantitative estimate of drug-likeness (QED) is 0.902. The van der Waals surface area contributed by atoms with Gasteiger partial charge in [0.1, 0.15) is 5.69 Å². The van der Waals surface area contributed by atoms with Gasteiger partial charge >= 0.3 is 12.2 Å². The fourth-order valence-corrected chi connectivity index (χ4v) is 1.78. The Balaban J connectivity index is 1.77. The average Bonchev–Trinajstić information content (AvgIpc) is 2.97. The number of aliphatic imine (C=N–C) groups is 1. The van der Waals surface area contributed by atoms with Crippen molar-refractivity contribution in [3.05, 3.63) is 42.1 Å². The van der Waals surface area contributed by atoms with Gasteiger partial charge in [-0.25, -0.2) is 10.0 Å². The Bertz CT molecular complexity index is 752. The lowest BCUT2D eigenvalue weighted by atomic mass is 10.2. The van der Waals surface area contributed by atoms with Gasteiger partial charge in [-0.15, -0.1) is 0 Å². The first-order chi connectivity index (χ1) is 10.9. The molecule has 0 amide bonds. The highest BCUT2D eigenvalue weighted by molar-refractivity contribution is 5.62. The Morgan fingerprint density at radius 1 is 1.22 bits per heavy atom. The molecule has 2 aromatic rings. The van der Waals surface area contributed by atoms with Crippen LogP contribution in [0.2, 0.25) is 0 Å². The Kier molecular flexibility index (Phi) is 3.74. The van der Waals surface area contributed by atoms with E-state index < -0.39 is 11.7 Å². The molecule has 0 unspecified atom stereocenters. The number of hydroxylamine groups is 2. The molecule has 3 heterocycles. The highest BCUT2D eigenvalue weighted by Gasteiger charge is 2.30. The van der Waals surface area contributed by atoms with Gasteiger partial charge in [0.15, 0.2) is 11.6 Å². The summed E-state index contributed by atoms with van der Waals surface area (Å²) in [6.07, 6.45) is 0.450. The third-order valence-electron chi connectivity index (χ3n) is 2.92. The second-order valence-corrected chi connectivity index (χ2v) is 4.51. The van der Waals surface area contributed by atoms with E-state index in [1.807, 2.05) is 0 Å². The summed E-state index contributed by atoms with van der Waals surface area (Å²) in [5.74, 6) is 0.437. The third kappa shape index (κ3) is 3.31. The molecule has 0 aromatic carbocycles. The standard InChI is InChI=1S/C13H10F3N5O2/c14-13(15,16)8-1-2-9(18-5-8)10-6-19-12(23-10)20-11-7-17-3-4-21(11)22/h1-3,5-7,22H,4H2,(H,19,20). The highest BCUT2D eigenvalue weighted by Crippen LogP contribution is 2.30. The SMILES string of the molecule is ON1CC=NC=C1Nc1ncc(-c2ccc(C(F)(F)F)cn2)o1. The molecule has 120 valence electrons. The van der Waals surface area contributed by atoms with E-state index in [2.05, 4.69) is 20.3 Å². The van der Waals surface area contributed by atoms with Crippen molar-refractivity contribution in [3.63, 3.8) is 0 Å². The van der Waals surface area contributed by atoms with Crippen LogP contribution in [0.25, 0.3) is 11.5 Å². The Morgan fingerprint density at radius 3 is 2.70 bits per heavy atom. The normalized spacial score (nSPS) is 14.8. The van der Waals surface area contributed by atoms with Crippen molar-refractivity contribution < 1.29 is 22.8 Å². The van der Waals surface area contributed by atoms with Crippen molar-refractivity contribution in [2.75, 3.05) is 11.9 Å². The lowest BCUT2D eigenvalue weighted by Gasteiger charge is -2.19. The van der Waals surface area contributed by atoms with Crippen molar-refractivity contribution in [1.29, 1.82) is 0 Å². The number of halogens is 3. The van der Waals surface area contributed by atoms with Crippen LogP contribution >= 0.6 is 0 Å². The van der Waals surface area contributed by atoms with Crippen LogP contribution in [0.5, 0.6) is 0 Å². The zero-order valence-electron chi connectivity index (χ0n) is 11.4. The molecule has 2 N–H and O–H groups in total. The molecule has 23 heavy (non-hydrogen) atoms. The smallest absolute Gasteiger partial charge is 0.417 e. The van der Waals surface area contributed by atoms with E-state index in [-0.39, 0.29) is 29.8 Å². The molecule has 2 aromatic heterocycles. The van der Waals surface area contributed by atoms with E-state index in [1.165, 1.54) is 24.7 Å². The van der Waals surface area contributed by atoms with Gasteiger partial charge < -0.3 is 4.42 Å². The van der Waals surface area contributed by atoms with Gasteiger partial charge in [-0.05, 0) is 12.1 Å². The molecular weight excluding hydrogens is 315 g/mol. The second kappa shape index (κ2) is 5.72. The number of nitrogens with one attached hydrogen (secondary N) is 1. The number of hydrogen-bond donors (Lipinski definition) is 2. The Labute approximate surface area is 127 Å². The van der Waals surface area contributed by atoms with Crippen LogP contribution in [0.3, 0.4) is 0 Å². The maximum Gasteiger partial charge on any atom is 0.417 e. The van der Waals surface area contributed by atoms with E-state index >= 15 is 0 Å². The maximum absolute atomic E-state index is 12.5. The largest absolute Gasteiger partial charge is 0.422 e. The predicted octanol–water partition coefficient (Wildman–Crippen LogP) is 2.74. The van der Waals surface area contributed by atoms with Crippen LogP contribution in [-0.2, 0) is 6.18 Å². The summed E-state index contributed by atoms with van der Waals surface area (Å²) in [5.41, 5.74) is -0.643. The van der Waals surface area contributed by atoms with E-state index in [0.29, 0.717) is 0 Å². The summed E-state index contributed by atoms with van der Waals surface area (Å²) in [4.78, 5) is 11.5. The lowest BCUT2D eigenvalue weighted by Crippen LogP contribution is -2.27. The highest BCUT2D eigenvalue weighted by atomic mass is 19.4. The third-order valence-corrected chi connectivity index (χ3v) is 2.92. The zero-order chi connectivity index (χ0) is 16.4. The number of rotatable bonds is 3. The first-order valence-corrected chi connectivity index (χ1v) is 6.38. The van der Waals surface area contributed by atoms with Gasteiger partial charge in [-0.3, -0.25) is 20.5 Å². The molecule has 10 heteroatoms. The summed E-state index contributed by atoms with van der Waals surface area (Å²) in [6, 6.07) is 2.14. The van der Waals surface area contributed by atoms with E-state index in [1.54, 1.807) is 0 Å². The molecule has 0 atom stereocenters. The average molecular weight is 325 g/mol. The topological polar surface area (TPSA) is 86.8 Å². The minimum Gasteiger partial charge on any atom is -0.422 e. The lowest BCUT2D eigenvalue weighted by molar-refractivity contribution is -0.137. The fourth-order valence-electron chi connectivity index (χ4n) is 1.78.